The summed E-state index contributed by atoms with van der Waals surface area (Å²) in [6.07, 6.45) is 7.35. The highest BCUT2D eigenvalue weighted by molar-refractivity contribution is 6.02. The third kappa shape index (κ3) is 9.94. The molecule has 5 amide bonds. The number of fused-ring (bicyclic) bond motifs is 2. The van der Waals surface area contributed by atoms with E-state index in [1.807, 2.05) is 13.8 Å². The minimum atomic E-state index is -0.526. The van der Waals surface area contributed by atoms with Crippen molar-refractivity contribution in [1.29, 1.82) is 0 Å². The summed E-state index contributed by atoms with van der Waals surface area (Å²) >= 11 is 0. The molecule has 2 aromatic carbocycles. The second-order valence-corrected chi connectivity index (χ2v) is 13.8. The zero-order valence-corrected chi connectivity index (χ0v) is 29.7. The minimum Gasteiger partial charge on any atom is -0.490 e. The summed E-state index contributed by atoms with van der Waals surface area (Å²) in [5.74, 6) is 1.02. The lowest BCUT2D eigenvalue weighted by Gasteiger charge is -2.36. The molecule has 50 heavy (non-hydrogen) atoms. The van der Waals surface area contributed by atoms with Crippen molar-refractivity contribution in [3.05, 3.63) is 42.0 Å². The molecular formula is C37H53N5O8. The lowest BCUT2D eigenvalue weighted by Crippen LogP contribution is -2.50. The molecule has 0 saturated heterocycles. The van der Waals surface area contributed by atoms with E-state index in [2.05, 4.69) is 16.0 Å². The Bertz CT molecular complexity index is 1470. The first-order chi connectivity index (χ1) is 24.1. The number of amides is 5. The molecule has 4 N–H and O–H groups in total. The molecule has 0 unspecified atom stereocenters. The van der Waals surface area contributed by atoms with Crippen LogP contribution in [-0.2, 0) is 4.74 Å². The largest absolute Gasteiger partial charge is 0.490 e. The quantitative estimate of drug-likeness (QED) is 0.283. The fraction of sp³-hybridized carbons (Fsp3) is 0.595. The zero-order chi connectivity index (χ0) is 35.6. The number of carbonyl (C=O) groups is 3. The van der Waals surface area contributed by atoms with Crippen LogP contribution in [-0.4, -0.2) is 97.3 Å². The van der Waals surface area contributed by atoms with Gasteiger partial charge in [0.1, 0.15) is 5.75 Å². The van der Waals surface area contributed by atoms with Crippen molar-refractivity contribution in [3.8, 4) is 17.2 Å². The first-order valence-electron chi connectivity index (χ1n) is 17.9. The van der Waals surface area contributed by atoms with E-state index in [9.17, 15) is 19.5 Å². The van der Waals surface area contributed by atoms with Crippen LogP contribution in [0.25, 0.3) is 0 Å². The van der Waals surface area contributed by atoms with Crippen molar-refractivity contribution in [2.24, 2.45) is 5.92 Å². The molecule has 3 aliphatic rings. The smallest absolute Gasteiger partial charge is 0.323 e. The molecule has 1 aliphatic carbocycles. The minimum absolute atomic E-state index is 0.119. The average molecular weight is 696 g/mol. The normalized spacial score (nSPS) is 22.4. The van der Waals surface area contributed by atoms with E-state index in [1.165, 1.54) is 6.42 Å². The van der Waals surface area contributed by atoms with E-state index in [1.54, 1.807) is 60.2 Å². The highest BCUT2D eigenvalue weighted by atomic mass is 16.7. The van der Waals surface area contributed by atoms with Crippen molar-refractivity contribution in [3.63, 3.8) is 0 Å². The number of ether oxygens (including phenoxy) is 4. The predicted octanol–water partition coefficient (Wildman–Crippen LogP) is 5.83. The number of nitrogens with zero attached hydrogens (tertiary/aromatic N) is 2. The van der Waals surface area contributed by atoms with Gasteiger partial charge in [-0.1, -0.05) is 26.2 Å². The van der Waals surface area contributed by atoms with Gasteiger partial charge in [0, 0.05) is 56.1 Å². The summed E-state index contributed by atoms with van der Waals surface area (Å²) in [6.45, 7) is 6.77. The van der Waals surface area contributed by atoms with Crippen molar-refractivity contribution in [1.82, 2.24) is 15.1 Å². The molecule has 0 spiro atoms. The van der Waals surface area contributed by atoms with Crippen LogP contribution < -0.4 is 30.2 Å². The molecule has 274 valence electrons. The van der Waals surface area contributed by atoms with Crippen molar-refractivity contribution >= 4 is 29.3 Å². The Labute approximate surface area is 294 Å². The van der Waals surface area contributed by atoms with Crippen molar-refractivity contribution in [2.75, 3.05) is 50.8 Å². The number of aliphatic hydroxyl groups is 1. The number of hydrogen-bond donors (Lipinski definition) is 4. The topological polar surface area (TPSA) is 151 Å². The highest BCUT2D eigenvalue weighted by Gasteiger charge is 2.31. The van der Waals surface area contributed by atoms with Crippen LogP contribution in [0.2, 0.25) is 0 Å². The summed E-state index contributed by atoms with van der Waals surface area (Å²) in [6, 6.07) is 9.15. The number of benzene rings is 2. The molecule has 2 heterocycles. The molecule has 13 nitrogen and oxygen atoms in total. The van der Waals surface area contributed by atoms with Gasteiger partial charge >= 0.3 is 12.1 Å². The molecule has 4 atom stereocenters. The molecule has 13 heteroatoms. The summed E-state index contributed by atoms with van der Waals surface area (Å²) in [4.78, 5) is 43.9. The number of carbonyl (C=O) groups excluding carboxylic acids is 3. The van der Waals surface area contributed by atoms with Crippen molar-refractivity contribution < 1.29 is 38.4 Å². The monoisotopic (exact) mass is 695 g/mol. The predicted molar refractivity (Wildman–Crippen MR) is 190 cm³/mol. The Morgan fingerprint density at radius 2 is 1.62 bits per heavy atom. The highest BCUT2D eigenvalue weighted by Crippen LogP contribution is 2.34. The van der Waals surface area contributed by atoms with Gasteiger partial charge in [-0.3, -0.25) is 4.79 Å². The van der Waals surface area contributed by atoms with Gasteiger partial charge in [0.15, 0.2) is 11.5 Å². The van der Waals surface area contributed by atoms with E-state index in [0.29, 0.717) is 41.8 Å². The summed E-state index contributed by atoms with van der Waals surface area (Å²) in [5, 5.41) is 19.1. The molecule has 5 rings (SSSR count). The number of likely N-dealkylation sites (N-methyl/N-ethyl adjacent to an activating group) is 1. The Kier molecular flexibility index (Phi) is 13.1. The van der Waals surface area contributed by atoms with Crippen LogP contribution in [0.1, 0.15) is 82.5 Å². The Morgan fingerprint density at radius 1 is 0.940 bits per heavy atom. The number of rotatable bonds is 7. The van der Waals surface area contributed by atoms with Gasteiger partial charge in [-0.25, -0.2) is 9.59 Å². The van der Waals surface area contributed by atoms with Crippen molar-refractivity contribution in [2.45, 2.75) is 96.4 Å². The van der Waals surface area contributed by atoms with E-state index in [4.69, 9.17) is 18.9 Å². The standard InChI is InChI=1S/C37H53N5O8/c1-24-20-42(25(2)22-43)35(44)30-18-28(38-36(45)39-29-14-16-32-33(19-29)49-23-48-32)13-15-31(30)50-26(3)10-8-9-17-47-34(24)21-41(4)37(46)40-27-11-6-5-7-12-27/h13-16,18-19,24-27,34,43H,5-12,17,20-23H2,1-4H3,(H,40,46)(H2,38,39,45)/t24-,25+,26+,34-/m0/s1. The van der Waals surface area contributed by atoms with Gasteiger partial charge in [-0.05, 0) is 76.3 Å². The second-order valence-electron chi connectivity index (χ2n) is 13.8. The summed E-state index contributed by atoms with van der Waals surface area (Å²) < 4.78 is 23.5. The Balaban J connectivity index is 1.34. The van der Waals surface area contributed by atoms with E-state index in [0.717, 1.165) is 44.9 Å². The molecule has 0 radical (unpaired) electrons. The maximum absolute atomic E-state index is 14.4. The number of nitrogens with one attached hydrogen (secondary N) is 3. The molecular weight excluding hydrogens is 642 g/mol. The number of urea groups is 2. The fourth-order valence-corrected chi connectivity index (χ4v) is 6.62. The number of hydrogen-bond acceptors (Lipinski definition) is 8. The molecule has 1 fully saturated rings. The van der Waals surface area contributed by atoms with Crippen LogP contribution in [0, 0.1) is 5.92 Å². The number of aliphatic hydroxyl groups excluding tert-OH is 1. The van der Waals surface area contributed by atoms with E-state index >= 15 is 0 Å². The molecule has 1 saturated carbocycles. The van der Waals surface area contributed by atoms with Gasteiger partial charge in [-0.2, -0.15) is 0 Å². The van der Waals surface area contributed by atoms with Gasteiger partial charge in [0.2, 0.25) is 6.79 Å². The third-order valence-electron chi connectivity index (χ3n) is 9.67. The zero-order valence-electron chi connectivity index (χ0n) is 29.7. The fourth-order valence-electron chi connectivity index (χ4n) is 6.62. The van der Waals surface area contributed by atoms with Crippen LogP contribution >= 0.6 is 0 Å². The first-order valence-corrected chi connectivity index (χ1v) is 17.9. The summed E-state index contributed by atoms with van der Waals surface area (Å²) in [5.41, 5.74) is 1.18. The van der Waals surface area contributed by atoms with E-state index in [-0.39, 0.29) is 61.6 Å². The molecule has 0 bridgehead atoms. The van der Waals surface area contributed by atoms with Crippen LogP contribution in [0.15, 0.2) is 36.4 Å². The Hall–Kier alpha value is -4.23. The second kappa shape index (κ2) is 17.6. The SMILES string of the molecule is C[C@@H]1CCCCO[C@@H](CN(C)C(=O)NC2CCCCC2)[C@@H](C)CN([C@H](C)CO)C(=O)c2cc(NC(=O)Nc3ccc4c(c3)OCO4)ccc2O1. The lowest BCUT2D eigenvalue weighted by atomic mass is 9.96. The van der Waals surface area contributed by atoms with Crippen LogP contribution in [0.3, 0.4) is 0 Å². The molecule has 2 aliphatic heterocycles. The first kappa shape index (κ1) is 37.0. The van der Waals surface area contributed by atoms with Crippen LogP contribution in [0.4, 0.5) is 21.0 Å². The van der Waals surface area contributed by atoms with Gasteiger partial charge < -0.3 is 49.8 Å². The van der Waals surface area contributed by atoms with Gasteiger partial charge in [0.05, 0.1) is 30.4 Å². The molecule has 0 aromatic heterocycles. The maximum Gasteiger partial charge on any atom is 0.323 e. The lowest BCUT2D eigenvalue weighted by molar-refractivity contribution is -0.0123. The van der Waals surface area contributed by atoms with E-state index < -0.39 is 12.1 Å². The van der Waals surface area contributed by atoms with Gasteiger partial charge in [0.25, 0.3) is 5.91 Å². The maximum atomic E-state index is 14.4. The van der Waals surface area contributed by atoms with Crippen LogP contribution in [0.5, 0.6) is 17.2 Å². The third-order valence-corrected chi connectivity index (χ3v) is 9.67. The Morgan fingerprint density at radius 3 is 2.36 bits per heavy atom. The summed E-state index contributed by atoms with van der Waals surface area (Å²) in [7, 11) is 1.78. The van der Waals surface area contributed by atoms with Gasteiger partial charge in [-0.15, -0.1) is 0 Å². The molecule has 2 aromatic rings. The number of anilines is 2. The average Bonchev–Trinajstić information content (AvgIpc) is 3.58.